The molecule has 0 bridgehead atoms. The molecule has 1 saturated carbocycles. The Morgan fingerprint density at radius 2 is 1.95 bits per heavy atom. The van der Waals surface area contributed by atoms with E-state index in [9.17, 15) is 0 Å². The van der Waals surface area contributed by atoms with Gasteiger partial charge in [0.25, 0.3) is 0 Å². The summed E-state index contributed by atoms with van der Waals surface area (Å²) in [5.41, 5.74) is 6.78. The lowest BCUT2D eigenvalue weighted by Crippen LogP contribution is -2.25. The monoisotopic (exact) mass is 291 g/mol. The maximum Gasteiger partial charge on any atom is 0.230 e. The van der Waals surface area contributed by atoms with E-state index < -0.39 is 0 Å². The highest BCUT2D eigenvalue weighted by molar-refractivity contribution is 6.30. The van der Waals surface area contributed by atoms with Crippen LogP contribution in [0.4, 0.5) is 0 Å². The molecule has 5 heteroatoms. The average Bonchev–Trinajstić information content (AvgIpc) is 2.97. The van der Waals surface area contributed by atoms with Crippen molar-refractivity contribution in [3.8, 4) is 11.4 Å². The second-order valence-corrected chi connectivity index (χ2v) is 5.79. The number of benzene rings is 1. The Bertz CT molecular complexity index is 567. The van der Waals surface area contributed by atoms with Gasteiger partial charge < -0.3 is 10.3 Å². The van der Waals surface area contributed by atoms with Gasteiger partial charge in [-0.25, -0.2) is 0 Å². The summed E-state index contributed by atoms with van der Waals surface area (Å²) in [6.45, 7) is 0.684. The molecule has 2 aromatic rings. The van der Waals surface area contributed by atoms with Gasteiger partial charge in [0.1, 0.15) is 0 Å². The van der Waals surface area contributed by atoms with E-state index in [-0.39, 0.29) is 0 Å². The van der Waals surface area contributed by atoms with Crippen LogP contribution >= 0.6 is 11.6 Å². The first kappa shape index (κ1) is 13.6. The van der Waals surface area contributed by atoms with Crippen molar-refractivity contribution >= 4 is 11.6 Å². The van der Waals surface area contributed by atoms with Crippen LogP contribution in [0.5, 0.6) is 0 Å². The van der Waals surface area contributed by atoms with Crippen molar-refractivity contribution in [1.82, 2.24) is 10.1 Å². The van der Waals surface area contributed by atoms with Crippen LogP contribution in [0.25, 0.3) is 11.4 Å². The van der Waals surface area contributed by atoms with Gasteiger partial charge in [0.05, 0.1) is 0 Å². The third-order valence-corrected chi connectivity index (χ3v) is 4.33. The largest absolute Gasteiger partial charge is 0.339 e. The number of halogens is 1. The lowest BCUT2D eigenvalue weighted by Gasteiger charge is -2.27. The van der Waals surface area contributed by atoms with Crippen molar-refractivity contribution in [2.75, 3.05) is 6.54 Å². The number of rotatable bonds is 3. The highest BCUT2D eigenvalue weighted by Gasteiger charge is 2.30. The van der Waals surface area contributed by atoms with Crippen LogP contribution in [-0.2, 0) is 0 Å². The van der Waals surface area contributed by atoms with Crippen molar-refractivity contribution in [1.29, 1.82) is 0 Å². The second-order valence-electron chi connectivity index (χ2n) is 5.35. The van der Waals surface area contributed by atoms with E-state index in [0.717, 1.165) is 24.3 Å². The number of aromatic nitrogens is 2. The zero-order valence-corrected chi connectivity index (χ0v) is 12.0. The molecular formula is C15H18ClN3O. The summed E-state index contributed by atoms with van der Waals surface area (Å²) >= 11 is 5.89. The smallest absolute Gasteiger partial charge is 0.230 e. The fourth-order valence-electron chi connectivity index (χ4n) is 2.92. The highest BCUT2D eigenvalue weighted by atomic mass is 35.5. The topological polar surface area (TPSA) is 64.9 Å². The van der Waals surface area contributed by atoms with Gasteiger partial charge in [0, 0.05) is 16.5 Å². The van der Waals surface area contributed by atoms with E-state index in [1.54, 1.807) is 0 Å². The standard InChI is InChI=1S/C15H18ClN3O/c16-12-7-5-10(6-8-12)14-18-15(20-19-14)13-4-2-1-3-11(13)9-17/h5-8,11,13H,1-4,9,17H2. The Morgan fingerprint density at radius 1 is 1.20 bits per heavy atom. The minimum absolute atomic E-state index is 0.308. The Morgan fingerprint density at radius 3 is 2.70 bits per heavy atom. The molecule has 4 nitrogen and oxygen atoms in total. The molecule has 1 aromatic heterocycles. The lowest BCUT2D eigenvalue weighted by molar-refractivity contribution is 0.249. The Labute approximate surface area is 123 Å². The molecule has 1 aliphatic rings. The summed E-state index contributed by atoms with van der Waals surface area (Å²) in [6.07, 6.45) is 4.69. The average molecular weight is 292 g/mol. The molecule has 1 aliphatic carbocycles. The van der Waals surface area contributed by atoms with Gasteiger partial charge in [-0.1, -0.05) is 29.6 Å². The minimum Gasteiger partial charge on any atom is -0.339 e. The number of hydrogen-bond acceptors (Lipinski definition) is 4. The molecule has 0 spiro atoms. The molecular weight excluding hydrogens is 274 g/mol. The van der Waals surface area contributed by atoms with Crippen molar-refractivity contribution < 1.29 is 4.52 Å². The number of nitrogens with two attached hydrogens (primary N) is 1. The molecule has 1 heterocycles. The molecule has 0 radical (unpaired) electrons. The van der Waals surface area contributed by atoms with Crippen molar-refractivity contribution in [2.45, 2.75) is 31.6 Å². The summed E-state index contributed by atoms with van der Waals surface area (Å²) in [6, 6.07) is 7.46. The van der Waals surface area contributed by atoms with E-state index in [1.165, 1.54) is 12.8 Å². The molecule has 2 N–H and O–H groups in total. The molecule has 0 amide bonds. The maximum absolute atomic E-state index is 5.89. The Hall–Kier alpha value is -1.39. The quantitative estimate of drug-likeness (QED) is 0.938. The summed E-state index contributed by atoms with van der Waals surface area (Å²) < 4.78 is 5.47. The van der Waals surface area contributed by atoms with Crippen LogP contribution < -0.4 is 5.73 Å². The molecule has 3 rings (SSSR count). The summed E-state index contributed by atoms with van der Waals surface area (Å²) in [7, 11) is 0. The van der Waals surface area contributed by atoms with Crippen LogP contribution in [-0.4, -0.2) is 16.7 Å². The molecule has 2 unspecified atom stereocenters. The van der Waals surface area contributed by atoms with Gasteiger partial charge in [0.2, 0.25) is 11.7 Å². The lowest BCUT2D eigenvalue weighted by atomic mass is 9.79. The van der Waals surface area contributed by atoms with E-state index in [2.05, 4.69) is 10.1 Å². The molecule has 1 aromatic carbocycles. The van der Waals surface area contributed by atoms with E-state index in [1.807, 2.05) is 24.3 Å². The van der Waals surface area contributed by atoms with Gasteiger partial charge in [-0.15, -0.1) is 0 Å². The predicted molar refractivity (Wildman–Crippen MR) is 78.5 cm³/mol. The van der Waals surface area contributed by atoms with Crippen molar-refractivity contribution in [3.05, 3.63) is 35.2 Å². The van der Waals surface area contributed by atoms with Crippen molar-refractivity contribution in [2.24, 2.45) is 11.7 Å². The van der Waals surface area contributed by atoms with Crippen LogP contribution in [0.15, 0.2) is 28.8 Å². The SMILES string of the molecule is NCC1CCCCC1c1nc(-c2ccc(Cl)cc2)no1. The molecule has 1 fully saturated rings. The number of hydrogen-bond donors (Lipinski definition) is 1. The summed E-state index contributed by atoms with van der Waals surface area (Å²) in [5.74, 6) is 2.12. The van der Waals surface area contributed by atoms with Crippen LogP contribution in [0.2, 0.25) is 5.02 Å². The fraction of sp³-hybridized carbons (Fsp3) is 0.467. The van der Waals surface area contributed by atoms with Gasteiger partial charge in [0.15, 0.2) is 0 Å². The zero-order valence-electron chi connectivity index (χ0n) is 11.3. The van der Waals surface area contributed by atoms with Gasteiger partial charge in [-0.3, -0.25) is 0 Å². The summed E-state index contributed by atoms with van der Waals surface area (Å²) in [5, 5.41) is 4.79. The van der Waals surface area contributed by atoms with Crippen LogP contribution in [0, 0.1) is 5.92 Å². The molecule has 106 valence electrons. The Balaban J connectivity index is 1.84. The highest BCUT2D eigenvalue weighted by Crippen LogP contribution is 2.37. The first-order valence-corrected chi connectivity index (χ1v) is 7.45. The van der Waals surface area contributed by atoms with E-state index in [4.69, 9.17) is 21.9 Å². The maximum atomic E-state index is 5.89. The molecule has 0 aliphatic heterocycles. The molecule has 0 saturated heterocycles. The van der Waals surface area contributed by atoms with Crippen LogP contribution in [0.1, 0.15) is 37.5 Å². The van der Waals surface area contributed by atoms with E-state index >= 15 is 0 Å². The van der Waals surface area contributed by atoms with Crippen LogP contribution in [0.3, 0.4) is 0 Å². The second kappa shape index (κ2) is 5.94. The van der Waals surface area contributed by atoms with Gasteiger partial charge in [-0.2, -0.15) is 4.98 Å². The zero-order chi connectivity index (χ0) is 13.9. The minimum atomic E-state index is 0.308. The van der Waals surface area contributed by atoms with Gasteiger partial charge in [-0.05, 0) is 49.6 Å². The Kier molecular flexibility index (Phi) is 4.03. The third-order valence-electron chi connectivity index (χ3n) is 4.07. The fourth-order valence-corrected chi connectivity index (χ4v) is 3.04. The first-order chi connectivity index (χ1) is 9.78. The number of nitrogens with zero attached hydrogens (tertiary/aromatic N) is 2. The predicted octanol–water partition coefficient (Wildman–Crippen LogP) is 3.62. The summed E-state index contributed by atoms with van der Waals surface area (Å²) in [4.78, 5) is 4.56. The van der Waals surface area contributed by atoms with Gasteiger partial charge >= 0.3 is 0 Å². The van der Waals surface area contributed by atoms with Crippen molar-refractivity contribution in [3.63, 3.8) is 0 Å². The van der Waals surface area contributed by atoms with E-state index in [0.29, 0.717) is 29.2 Å². The third kappa shape index (κ3) is 2.72. The molecule has 2 atom stereocenters. The molecule has 20 heavy (non-hydrogen) atoms. The normalized spacial score (nSPS) is 22.9. The first-order valence-electron chi connectivity index (χ1n) is 7.07.